The molecule has 0 aliphatic heterocycles. The maximum Gasteiger partial charge on any atom is 0.225 e. The average Bonchev–Trinajstić information content (AvgIpc) is 3.01. The van der Waals surface area contributed by atoms with Crippen LogP contribution >= 0.6 is 0 Å². The highest BCUT2D eigenvalue weighted by atomic mass is 16.5. The Bertz CT molecular complexity index is 995. The molecule has 1 N–H and O–H groups in total. The molecule has 0 bridgehead atoms. The van der Waals surface area contributed by atoms with E-state index in [9.17, 15) is 4.79 Å². The Balaban J connectivity index is 1.65. The fourth-order valence-corrected chi connectivity index (χ4v) is 3.55. The number of aromatic nitrogens is 2. The van der Waals surface area contributed by atoms with Gasteiger partial charge in [0.2, 0.25) is 5.91 Å². The third-order valence-corrected chi connectivity index (χ3v) is 5.06. The summed E-state index contributed by atoms with van der Waals surface area (Å²) in [5.74, 6) is 2.02. The SMILES string of the molecule is Cc1cc(C)cc(OCCn2c(CCCNC(=O)C(C)(C)C)nc3ccccc32)c1. The molecule has 2 aromatic carbocycles. The van der Waals surface area contributed by atoms with E-state index in [-0.39, 0.29) is 11.3 Å². The van der Waals surface area contributed by atoms with E-state index in [0.29, 0.717) is 13.2 Å². The Labute approximate surface area is 179 Å². The van der Waals surface area contributed by atoms with Crippen molar-refractivity contribution >= 4 is 16.9 Å². The fourth-order valence-electron chi connectivity index (χ4n) is 3.55. The number of hydrogen-bond donors (Lipinski definition) is 1. The van der Waals surface area contributed by atoms with Gasteiger partial charge in [-0.3, -0.25) is 4.79 Å². The first-order valence-corrected chi connectivity index (χ1v) is 10.7. The van der Waals surface area contributed by atoms with Gasteiger partial charge >= 0.3 is 0 Å². The van der Waals surface area contributed by atoms with Crippen LogP contribution in [0.4, 0.5) is 0 Å². The van der Waals surface area contributed by atoms with Crippen LogP contribution in [-0.2, 0) is 17.8 Å². The number of benzene rings is 2. The predicted octanol–water partition coefficient (Wildman–Crippen LogP) is 4.83. The monoisotopic (exact) mass is 407 g/mol. The first kappa shape index (κ1) is 21.9. The van der Waals surface area contributed by atoms with E-state index >= 15 is 0 Å². The van der Waals surface area contributed by atoms with Gasteiger partial charge in [0.25, 0.3) is 0 Å². The van der Waals surface area contributed by atoms with Crippen molar-refractivity contribution in [2.24, 2.45) is 5.41 Å². The van der Waals surface area contributed by atoms with Crippen LogP contribution in [-0.4, -0.2) is 28.6 Å². The second kappa shape index (κ2) is 9.33. The summed E-state index contributed by atoms with van der Waals surface area (Å²) in [6.45, 7) is 11.9. The van der Waals surface area contributed by atoms with Crippen molar-refractivity contribution in [3.05, 3.63) is 59.4 Å². The van der Waals surface area contributed by atoms with Crippen LogP contribution in [0, 0.1) is 19.3 Å². The largest absolute Gasteiger partial charge is 0.492 e. The number of para-hydroxylation sites is 2. The number of rotatable bonds is 8. The number of aryl methyl sites for hydroxylation is 3. The van der Waals surface area contributed by atoms with Crippen molar-refractivity contribution in [2.45, 2.75) is 54.0 Å². The molecular weight excluding hydrogens is 374 g/mol. The summed E-state index contributed by atoms with van der Waals surface area (Å²) >= 11 is 0. The first-order chi connectivity index (χ1) is 14.2. The summed E-state index contributed by atoms with van der Waals surface area (Å²) in [6.07, 6.45) is 1.66. The number of ether oxygens (including phenoxy) is 1. The number of amides is 1. The first-order valence-electron chi connectivity index (χ1n) is 10.7. The Morgan fingerprint density at radius 3 is 2.50 bits per heavy atom. The van der Waals surface area contributed by atoms with Gasteiger partial charge in [0.15, 0.2) is 0 Å². The van der Waals surface area contributed by atoms with Gasteiger partial charge in [-0.15, -0.1) is 0 Å². The van der Waals surface area contributed by atoms with Crippen LogP contribution in [0.1, 0.15) is 44.1 Å². The van der Waals surface area contributed by atoms with Crippen LogP contribution in [0.5, 0.6) is 5.75 Å². The number of carbonyl (C=O) groups excluding carboxylic acids is 1. The number of nitrogens with one attached hydrogen (secondary N) is 1. The van der Waals surface area contributed by atoms with Crippen molar-refractivity contribution in [1.29, 1.82) is 0 Å². The van der Waals surface area contributed by atoms with Gasteiger partial charge in [-0.05, 0) is 55.7 Å². The van der Waals surface area contributed by atoms with Crippen LogP contribution in [0.2, 0.25) is 0 Å². The van der Waals surface area contributed by atoms with Crippen molar-refractivity contribution in [1.82, 2.24) is 14.9 Å². The number of fused-ring (bicyclic) bond motifs is 1. The fraction of sp³-hybridized carbons (Fsp3) is 0.440. The molecule has 30 heavy (non-hydrogen) atoms. The highest BCUT2D eigenvalue weighted by Crippen LogP contribution is 2.19. The molecule has 160 valence electrons. The molecular formula is C25H33N3O2. The minimum absolute atomic E-state index is 0.0813. The Hall–Kier alpha value is -2.82. The molecule has 0 fully saturated rings. The van der Waals surface area contributed by atoms with Gasteiger partial charge in [-0.2, -0.15) is 0 Å². The molecule has 0 radical (unpaired) electrons. The van der Waals surface area contributed by atoms with E-state index in [1.165, 1.54) is 11.1 Å². The second-order valence-electron chi connectivity index (χ2n) is 8.95. The van der Waals surface area contributed by atoms with Gasteiger partial charge in [0.05, 0.1) is 17.6 Å². The van der Waals surface area contributed by atoms with Crippen LogP contribution in [0.25, 0.3) is 11.0 Å². The molecule has 1 heterocycles. The number of imidazole rings is 1. The molecule has 0 spiro atoms. The lowest BCUT2D eigenvalue weighted by molar-refractivity contribution is -0.128. The number of carbonyl (C=O) groups is 1. The van der Waals surface area contributed by atoms with E-state index in [1.807, 2.05) is 39.0 Å². The number of hydrogen-bond acceptors (Lipinski definition) is 3. The Morgan fingerprint density at radius 2 is 1.80 bits per heavy atom. The lowest BCUT2D eigenvalue weighted by atomic mass is 9.96. The van der Waals surface area contributed by atoms with Crippen molar-refractivity contribution in [3.63, 3.8) is 0 Å². The molecule has 5 heteroatoms. The van der Waals surface area contributed by atoms with Crippen LogP contribution in [0.15, 0.2) is 42.5 Å². The van der Waals surface area contributed by atoms with Gasteiger partial charge in [0.1, 0.15) is 18.2 Å². The van der Waals surface area contributed by atoms with Gasteiger partial charge in [-0.25, -0.2) is 4.98 Å². The van der Waals surface area contributed by atoms with E-state index in [1.54, 1.807) is 0 Å². The third-order valence-electron chi connectivity index (χ3n) is 5.06. The highest BCUT2D eigenvalue weighted by Gasteiger charge is 2.20. The van der Waals surface area contributed by atoms with Gasteiger partial charge in [-0.1, -0.05) is 39.0 Å². The van der Waals surface area contributed by atoms with E-state index in [2.05, 4.69) is 48.0 Å². The van der Waals surface area contributed by atoms with E-state index in [4.69, 9.17) is 9.72 Å². The Morgan fingerprint density at radius 1 is 1.10 bits per heavy atom. The molecule has 1 aromatic heterocycles. The maximum atomic E-state index is 12.1. The zero-order valence-corrected chi connectivity index (χ0v) is 18.8. The van der Waals surface area contributed by atoms with Crippen LogP contribution < -0.4 is 10.1 Å². The quantitative estimate of drug-likeness (QED) is 0.544. The molecule has 0 aliphatic carbocycles. The summed E-state index contributed by atoms with van der Waals surface area (Å²) in [6, 6.07) is 14.5. The predicted molar refractivity (Wildman–Crippen MR) is 122 cm³/mol. The average molecular weight is 408 g/mol. The molecule has 0 unspecified atom stereocenters. The molecule has 5 nitrogen and oxygen atoms in total. The topological polar surface area (TPSA) is 56.1 Å². The van der Waals surface area contributed by atoms with Crippen molar-refractivity contribution in [2.75, 3.05) is 13.2 Å². The molecule has 0 saturated heterocycles. The molecule has 1 amide bonds. The van der Waals surface area contributed by atoms with E-state index < -0.39 is 0 Å². The Kier molecular flexibility index (Phi) is 6.80. The third kappa shape index (κ3) is 5.62. The minimum Gasteiger partial charge on any atom is -0.492 e. The van der Waals surface area contributed by atoms with Crippen molar-refractivity contribution in [3.8, 4) is 5.75 Å². The number of nitrogens with zero attached hydrogens (tertiary/aromatic N) is 2. The molecule has 3 aromatic rings. The summed E-state index contributed by atoms with van der Waals surface area (Å²) in [5.41, 5.74) is 4.17. The standard InChI is InChI=1S/C25H33N3O2/c1-18-15-19(2)17-20(16-18)30-14-13-28-22-10-7-6-9-21(22)27-23(28)11-8-12-26-24(29)25(3,4)5/h6-7,9-10,15-17H,8,11-14H2,1-5H3,(H,26,29). The summed E-state index contributed by atoms with van der Waals surface area (Å²) in [7, 11) is 0. The summed E-state index contributed by atoms with van der Waals surface area (Å²) < 4.78 is 8.27. The normalized spacial score (nSPS) is 11.6. The molecule has 0 atom stereocenters. The summed E-state index contributed by atoms with van der Waals surface area (Å²) in [4.78, 5) is 16.9. The van der Waals surface area contributed by atoms with E-state index in [0.717, 1.165) is 42.0 Å². The van der Waals surface area contributed by atoms with Crippen LogP contribution in [0.3, 0.4) is 0 Å². The maximum absolute atomic E-state index is 12.1. The highest BCUT2D eigenvalue weighted by molar-refractivity contribution is 5.81. The second-order valence-corrected chi connectivity index (χ2v) is 8.95. The molecule has 0 aliphatic rings. The lowest BCUT2D eigenvalue weighted by Gasteiger charge is -2.17. The zero-order chi connectivity index (χ0) is 21.7. The summed E-state index contributed by atoms with van der Waals surface area (Å²) in [5, 5.41) is 3.02. The minimum atomic E-state index is -0.362. The molecule has 3 rings (SSSR count). The smallest absolute Gasteiger partial charge is 0.225 e. The lowest BCUT2D eigenvalue weighted by Crippen LogP contribution is -2.35. The zero-order valence-electron chi connectivity index (χ0n) is 18.8. The van der Waals surface area contributed by atoms with Gasteiger partial charge in [0, 0.05) is 18.4 Å². The molecule has 0 saturated carbocycles. The van der Waals surface area contributed by atoms with Gasteiger partial charge < -0.3 is 14.6 Å². The van der Waals surface area contributed by atoms with Crippen molar-refractivity contribution < 1.29 is 9.53 Å².